The fraction of sp³-hybridized carbons (Fsp3) is 0.222. The number of hydrogen-bond acceptors (Lipinski definition) is 4. The standard InChI is InChI=1S/C18H18ClFN2O4/c1-10(11-4-7-15(25-2)16(8-11)26-3)21-17(23)18(24)22-12-5-6-14(20)13(19)9-12/h4-10H,1-3H3,(H,21,23)(H,22,24). The highest BCUT2D eigenvalue weighted by atomic mass is 35.5. The Labute approximate surface area is 155 Å². The molecular formula is C18H18ClFN2O4. The molecule has 2 aromatic rings. The van der Waals surface area contributed by atoms with Crippen molar-refractivity contribution in [2.75, 3.05) is 19.5 Å². The Morgan fingerprint density at radius 1 is 1.04 bits per heavy atom. The highest BCUT2D eigenvalue weighted by Crippen LogP contribution is 2.29. The van der Waals surface area contributed by atoms with Crippen molar-refractivity contribution in [3.05, 3.63) is 52.8 Å². The molecule has 2 rings (SSSR count). The molecule has 8 heteroatoms. The zero-order chi connectivity index (χ0) is 19.3. The maximum atomic E-state index is 13.1. The minimum absolute atomic E-state index is 0.151. The van der Waals surface area contributed by atoms with Gasteiger partial charge in [0.15, 0.2) is 11.5 Å². The van der Waals surface area contributed by atoms with Crippen molar-refractivity contribution in [2.24, 2.45) is 0 Å². The number of hydrogen-bond donors (Lipinski definition) is 2. The molecule has 0 aliphatic heterocycles. The number of amides is 2. The van der Waals surface area contributed by atoms with Crippen LogP contribution in [-0.2, 0) is 9.59 Å². The van der Waals surface area contributed by atoms with Crippen molar-refractivity contribution >= 4 is 29.1 Å². The number of halogens is 2. The molecule has 0 radical (unpaired) electrons. The van der Waals surface area contributed by atoms with Crippen molar-refractivity contribution in [1.29, 1.82) is 0 Å². The zero-order valence-corrected chi connectivity index (χ0v) is 15.2. The Hall–Kier alpha value is -2.80. The van der Waals surface area contributed by atoms with Gasteiger partial charge in [0, 0.05) is 5.69 Å². The van der Waals surface area contributed by atoms with Crippen molar-refractivity contribution in [3.8, 4) is 11.5 Å². The van der Waals surface area contributed by atoms with Crippen LogP contribution >= 0.6 is 11.6 Å². The highest BCUT2D eigenvalue weighted by molar-refractivity contribution is 6.40. The third kappa shape index (κ3) is 4.64. The lowest BCUT2D eigenvalue weighted by Gasteiger charge is -2.16. The minimum Gasteiger partial charge on any atom is -0.493 e. The van der Waals surface area contributed by atoms with E-state index in [1.165, 1.54) is 26.4 Å². The first-order chi connectivity index (χ1) is 12.3. The molecule has 0 fully saturated rings. The average molecular weight is 381 g/mol. The monoisotopic (exact) mass is 380 g/mol. The summed E-state index contributed by atoms with van der Waals surface area (Å²) in [5.41, 5.74) is 0.948. The van der Waals surface area contributed by atoms with Crippen LogP contribution in [0.2, 0.25) is 5.02 Å². The van der Waals surface area contributed by atoms with Gasteiger partial charge in [-0.15, -0.1) is 0 Å². The summed E-state index contributed by atoms with van der Waals surface area (Å²) in [6.45, 7) is 1.72. The van der Waals surface area contributed by atoms with E-state index in [4.69, 9.17) is 21.1 Å². The van der Waals surface area contributed by atoms with Crippen molar-refractivity contribution in [1.82, 2.24) is 5.32 Å². The van der Waals surface area contributed by atoms with Gasteiger partial charge in [-0.2, -0.15) is 0 Å². The first-order valence-corrected chi connectivity index (χ1v) is 8.02. The molecule has 2 aromatic carbocycles. The number of nitrogens with one attached hydrogen (secondary N) is 2. The molecule has 2 amide bonds. The van der Waals surface area contributed by atoms with Gasteiger partial charge in [0.25, 0.3) is 0 Å². The summed E-state index contributed by atoms with van der Waals surface area (Å²) in [5.74, 6) is -1.28. The number of rotatable bonds is 5. The van der Waals surface area contributed by atoms with Gasteiger partial charge in [-0.25, -0.2) is 4.39 Å². The Bertz CT molecular complexity index is 829. The van der Waals surface area contributed by atoms with Gasteiger partial charge in [0.2, 0.25) is 0 Å². The number of ether oxygens (including phenoxy) is 2. The van der Waals surface area contributed by atoms with Gasteiger partial charge in [0.05, 0.1) is 25.3 Å². The lowest BCUT2D eigenvalue weighted by Crippen LogP contribution is -2.36. The predicted octanol–water partition coefficient (Wildman–Crippen LogP) is 3.31. The van der Waals surface area contributed by atoms with Crippen LogP contribution in [-0.4, -0.2) is 26.0 Å². The number of anilines is 1. The van der Waals surface area contributed by atoms with Gasteiger partial charge in [0.1, 0.15) is 5.82 Å². The maximum Gasteiger partial charge on any atom is 0.313 e. The molecule has 0 saturated carbocycles. The van der Waals surface area contributed by atoms with E-state index in [0.717, 1.165) is 11.6 Å². The Morgan fingerprint density at radius 3 is 2.35 bits per heavy atom. The van der Waals surface area contributed by atoms with Gasteiger partial charge in [-0.3, -0.25) is 9.59 Å². The third-order valence-corrected chi connectivity index (χ3v) is 3.93. The molecule has 2 N–H and O–H groups in total. The number of carbonyl (C=O) groups excluding carboxylic acids is 2. The molecule has 0 bridgehead atoms. The summed E-state index contributed by atoms with van der Waals surface area (Å²) in [6.07, 6.45) is 0. The number of benzene rings is 2. The normalized spacial score (nSPS) is 11.4. The fourth-order valence-electron chi connectivity index (χ4n) is 2.23. The first kappa shape index (κ1) is 19.5. The van der Waals surface area contributed by atoms with E-state index >= 15 is 0 Å². The lowest BCUT2D eigenvalue weighted by molar-refractivity contribution is -0.136. The summed E-state index contributed by atoms with van der Waals surface area (Å²) in [5, 5.41) is 4.79. The van der Waals surface area contributed by atoms with E-state index in [1.807, 2.05) is 0 Å². The van der Waals surface area contributed by atoms with Crippen LogP contribution in [0.3, 0.4) is 0 Å². The van der Waals surface area contributed by atoms with Crippen LogP contribution in [0, 0.1) is 5.82 Å². The third-order valence-electron chi connectivity index (χ3n) is 3.64. The molecular weight excluding hydrogens is 363 g/mol. The number of carbonyl (C=O) groups is 2. The quantitative estimate of drug-likeness (QED) is 0.780. The minimum atomic E-state index is -0.889. The molecule has 0 heterocycles. The maximum absolute atomic E-state index is 13.1. The Balaban J connectivity index is 2.03. The first-order valence-electron chi connectivity index (χ1n) is 7.64. The van der Waals surface area contributed by atoms with E-state index in [-0.39, 0.29) is 10.7 Å². The molecule has 138 valence electrons. The summed E-state index contributed by atoms with van der Waals surface area (Å²) in [6, 6.07) is 8.35. The summed E-state index contributed by atoms with van der Waals surface area (Å²) in [7, 11) is 3.03. The molecule has 0 aliphatic rings. The molecule has 6 nitrogen and oxygen atoms in total. The fourth-order valence-corrected chi connectivity index (χ4v) is 2.41. The summed E-state index contributed by atoms with van der Waals surface area (Å²) in [4.78, 5) is 24.1. The van der Waals surface area contributed by atoms with Gasteiger partial charge < -0.3 is 20.1 Å². The van der Waals surface area contributed by atoms with Crippen molar-refractivity contribution in [3.63, 3.8) is 0 Å². The second-order valence-electron chi connectivity index (χ2n) is 5.39. The van der Waals surface area contributed by atoms with E-state index < -0.39 is 23.7 Å². The molecule has 26 heavy (non-hydrogen) atoms. The van der Waals surface area contributed by atoms with Crippen LogP contribution < -0.4 is 20.1 Å². The molecule has 0 saturated heterocycles. The second kappa shape index (κ2) is 8.53. The lowest BCUT2D eigenvalue weighted by atomic mass is 10.1. The summed E-state index contributed by atoms with van der Waals surface area (Å²) >= 11 is 5.65. The van der Waals surface area contributed by atoms with Gasteiger partial charge >= 0.3 is 11.8 Å². The zero-order valence-electron chi connectivity index (χ0n) is 14.4. The number of methoxy groups -OCH3 is 2. The van der Waals surface area contributed by atoms with Crippen molar-refractivity contribution < 1.29 is 23.5 Å². The molecule has 0 aliphatic carbocycles. The van der Waals surface area contributed by atoms with Crippen molar-refractivity contribution in [2.45, 2.75) is 13.0 Å². The smallest absolute Gasteiger partial charge is 0.313 e. The molecule has 1 unspecified atom stereocenters. The molecule has 0 aromatic heterocycles. The van der Waals surface area contributed by atoms with Crippen LogP contribution in [0.25, 0.3) is 0 Å². The van der Waals surface area contributed by atoms with Crippen LogP contribution in [0.1, 0.15) is 18.5 Å². The second-order valence-corrected chi connectivity index (χ2v) is 5.80. The topological polar surface area (TPSA) is 76.7 Å². The predicted molar refractivity (Wildman–Crippen MR) is 96.1 cm³/mol. The van der Waals surface area contributed by atoms with Crippen LogP contribution in [0.4, 0.5) is 10.1 Å². The highest BCUT2D eigenvalue weighted by Gasteiger charge is 2.18. The largest absolute Gasteiger partial charge is 0.493 e. The molecule has 1 atom stereocenters. The van der Waals surface area contributed by atoms with E-state index in [1.54, 1.807) is 25.1 Å². The van der Waals surface area contributed by atoms with Gasteiger partial charge in [-0.1, -0.05) is 17.7 Å². The van der Waals surface area contributed by atoms with E-state index in [9.17, 15) is 14.0 Å². The SMILES string of the molecule is COc1ccc(C(C)NC(=O)C(=O)Nc2ccc(F)c(Cl)c2)cc1OC. The van der Waals surface area contributed by atoms with Crippen LogP contribution in [0.5, 0.6) is 11.5 Å². The van der Waals surface area contributed by atoms with Gasteiger partial charge in [-0.05, 0) is 42.8 Å². The molecule has 0 spiro atoms. The Kier molecular flexibility index (Phi) is 6.41. The Morgan fingerprint density at radius 2 is 1.73 bits per heavy atom. The average Bonchev–Trinajstić information content (AvgIpc) is 2.63. The van der Waals surface area contributed by atoms with Crippen LogP contribution in [0.15, 0.2) is 36.4 Å². The van der Waals surface area contributed by atoms with E-state index in [2.05, 4.69) is 10.6 Å². The summed E-state index contributed by atoms with van der Waals surface area (Å²) < 4.78 is 23.5. The van der Waals surface area contributed by atoms with E-state index in [0.29, 0.717) is 11.5 Å².